The predicted octanol–water partition coefficient (Wildman–Crippen LogP) is 3.58. The minimum Gasteiger partial charge on any atom is -0.294 e. The van der Waals surface area contributed by atoms with Crippen molar-refractivity contribution in [2.75, 3.05) is 0 Å². The summed E-state index contributed by atoms with van der Waals surface area (Å²) in [6.07, 6.45) is 3.40. The molecule has 0 saturated carbocycles. The summed E-state index contributed by atoms with van der Waals surface area (Å²) >= 11 is 0. The summed E-state index contributed by atoms with van der Waals surface area (Å²) in [6.45, 7) is 0. The smallest absolute Gasteiger partial charge is 0.187 e. The van der Waals surface area contributed by atoms with Gasteiger partial charge in [-0.05, 0) is 6.07 Å². The Kier molecular flexibility index (Phi) is 4.43. The summed E-state index contributed by atoms with van der Waals surface area (Å²) in [5, 5.41) is 4.15. The molecule has 0 unspecified atom stereocenters. The molecule has 0 aliphatic rings. The predicted molar refractivity (Wildman–Crippen MR) is 87.4 cm³/mol. The molecule has 0 fully saturated rings. The molecule has 0 spiro atoms. The quantitative estimate of drug-likeness (QED) is 0.654. The van der Waals surface area contributed by atoms with Gasteiger partial charge in [0.15, 0.2) is 11.6 Å². The lowest BCUT2D eigenvalue weighted by Crippen LogP contribution is -2.23. The molecule has 3 aromatic rings. The van der Waals surface area contributed by atoms with Gasteiger partial charge in [-0.15, -0.1) is 0 Å². The van der Waals surface area contributed by atoms with Gasteiger partial charge in [0.05, 0.1) is 0 Å². The molecule has 4 nitrogen and oxygen atoms in total. The van der Waals surface area contributed by atoms with Gasteiger partial charge in [-0.3, -0.25) is 14.3 Å². The van der Waals surface area contributed by atoms with E-state index in [2.05, 4.69) is 5.10 Å². The summed E-state index contributed by atoms with van der Waals surface area (Å²) < 4.78 is 1.55. The van der Waals surface area contributed by atoms with Crippen molar-refractivity contribution in [3.8, 4) is 0 Å². The van der Waals surface area contributed by atoms with E-state index in [0.29, 0.717) is 11.1 Å². The Morgan fingerprint density at radius 2 is 1.48 bits per heavy atom. The van der Waals surface area contributed by atoms with Crippen LogP contribution in [-0.2, 0) is 0 Å². The average Bonchev–Trinajstić information content (AvgIpc) is 3.15. The highest BCUT2D eigenvalue weighted by atomic mass is 16.1. The number of aromatic nitrogens is 2. The molecule has 0 aliphatic carbocycles. The number of nitrogens with zero attached hydrogens (tertiary/aromatic N) is 2. The number of Topliss-reactive ketones (excluding diaryl/α,β-unsaturated/α-hetero) is 2. The summed E-state index contributed by atoms with van der Waals surface area (Å²) in [7, 11) is 0. The molecule has 1 aromatic heterocycles. The van der Waals surface area contributed by atoms with Gasteiger partial charge < -0.3 is 0 Å². The summed E-state index contributed by atoms with van der Waals surface area (Å²) in [4.78, 5) is 25.3. The molecule has 1 atom stereocenters. The third-order valence-electron chi connectivity index (χ3n) is 3.68. The van der Waals surface area contributed by atoms with Crippen LogP contribution in [0.5, 0.6) is 0 Å². The number of carbonyl (C=O) groups is 2. The fraction of sp³-hybridized carbons (Fsp3) is 0.105. The van der Waals surface area contributed by atoms with Gasteiger partial charge in [-0.1, -0.05) is 60.7 Å². The third kappa shape index (κ3) is 3.43. The zero-order chi connectivity index (χ0) is 16.1. The van der Waals surface area contributed by atoms with Crippen molar-refractivity contribution in [2.45, 2.75) is 12.5 Å². The zero-order valence-electron chi connectivity index (χ0n) is 12.5. The van der Waals surface area contributed by atoms with Crippen LogP contribution in [0.4, 0.5) is 0 Å². The fourth-order valence-electron chi connectivity index (χ4n) is 2.48. The summed E-state index contributed by atoms with van der Waals surface area (Å²) in [5.41, 5.74) is 1.18. The molecule has 3 rings (SSSR count). The monoisotopic (exact) mass is 304 g/mol. The molecule has 2 aromatic carbocycles. The van der Waals surface area contributed by atoms with Crippen LogP contribution in [0.2, 0.25) is 0 Å². The molecule has 23 heavy (non-hydrogen) atoms. The van der Waals surface area contributed by atoms with Crippen molar-refractivity contribution < 1.29 is 9.59 Å². The topological polar surface area (TPSA) is 52.0 Å². The molecular weight excluding hydrogens is 288 g/mol. The lowest BCUT2D eigenvalue weighted by molar-refractivity contribution is 0.0850. The van der Waals surface area contributed by atoms with Crippen molar-refractivity contribution in [2.24, 2.45) is 0 Å². The van der Waals surface area contributed by atoms with Crippen LogP contribution in [-0.4, -0.2) is 21.3 Å². The molecule has 0 aliphatic heterocycles. The van der Waals surface area contributed by atoms with E-state index in [1.807, 2.05) is 36.4 Å². The normalized spacial score (nSPS) is 11.8. The first-order valence-corrected chi connectivity index (χ1v) is 7.42. The van der Waals surface area contributed by atoms with Crippen LogP contribution < -0.4 is 0 Å². The molecule has 4 heteroatoms. The van der Waals surface area contributed by atoms with Crippen molar-refractivity contribution in [1.82, 2.24) is 9.78 Å². The van der Waals surface area contributed by atoms with Crippen molar-refractivity contribution >= 4 is 11.6 Å². The van der Waals surface area contributed by atoms with Crippen LogP contribution in [0.25, 0.3) is 0 Å². The standard InChI is InChI=1S/C19H16N2O2/c22-18(15-8-3-1-4-9-15)14-17(21-13-7-12-20-21)19(23)16-10-5-2-6-11-16/h1-13,17H,14H2/t17-/m1/s1. The van der Waals surface area contributed by atoms with Crippen molar-refractivity contribution in [1.29, 1.82) is 0 Å². The summed E-state index contributed by atoms with van der Waals surface area (Å²) in [5.74, 6) is -0.186. The highest BCUT2D eigenvalue weighted by molar-refractivity contribution is 6.04. The number of carbonyl (C=O) groups excluding carboxylic acids is 2. The van der Waals surface area contributed by atoms with Crippen molar-refractivity contribution in [3.63, 3.8) is 0 Å². The number of hydrogen-bond acceptors (Lipinski definition) is 3. The molecule has 0 N–H and O–H groups in total. The Labute approximate surface area is 134 Å². The van der Waals surface area contributed by atoms with Gasteiger partial charge in [-0.2, -0.15) is 5.10 Å². The third-order valence-corrected chi connectivity index (χ3v) is 3.68. The first-order valence-electron chi connectivity index (χ1n) is 7.42. The van der Waals surface area contributed by atoms with Gasteiger partial charge >= 0.3 is 0 Å². The van der Waals surface area contributed by atoms with E-state index in [1.165, 1.54) is 0 Å². The van der Waals surface area contributed by atoms with Crippen LogP contribution in [0, 0.1) is 0 Å². The maximum Gasteiger partial charge on any atom is 0.187 e. The first-order chi connectivity index (χ1) is 11.3. The van der Waals surface area contributed by atoms with Gasteiger partial charge in [-0.25, -0.2) is 0 Å². The van der Waals surface area contributed by atoms with E-state index in [0.717, 1.165) is 0 Å². The number of rotatable bonds is 6. The minimum absolute atomic E-state index is 0.0737. The van der Waals surface area contributed by atoms with E-state index < -0.39 is 6.04 Å². The summed E-state index contributed by atoms with van der Waals surface area (Å²) in [6, 6.07) is 19.1. The Bertz CT molecular complexity index is 781. The largest absolute Gasteiger partial charge is 0.294 e. The molecule has 0 bridgehead atoms. The maximum absolute atomic E-state index is 12.8. The Hall–Kier alpha value is -3.01. The zero-order valence-corrected chi connectivity index (χ0v) is 12.5. The van der Waals surface area contributed by atoms with Crippen LogP contribution >= 0.6 is 0 Å². The highest BCUT2D eigenvalue weighted by Crippen LogP contribution is 2.20. The van der Waals surface area contributed by atoms with E-state index in [4.69, 9.17) is 0 Å². The number of hydrogen-bond donors (Lipinski definition) is 0. The van der Waals surface area contributed by atoms with Crippen LogP contribution in [0.15, 0.2) is 79.1 Å². The lowest BCUT2D eigenvalue weighted by Gasteiger charge is -2.16. The first kappa shape index (κ1) is 14.9. The molecule has 0 amide bonds. The van der Waals surface area contributed by atoms with Gasteiger partial charge in [0.1, 0.15) is 6.04 Å². The lowest BCUT2D eigenvalue weighted by atomic mass is 9.97. The number of ketones is 2. The molecule has 114 valence electrons. The molecule has 0 radical (unpaired) electrons. The molecule has 0 saturated heterocycles. The molecular formula is C19H16N2O2. The van der Waals surface area contributed by atoms with Gasteiger partial charge in [0, 0.05) is 29.9 Å². The SMILES string of the molecule is O=C(C[C@H](C(=O)c1ccccc1)n1cccn1)c1ccccc1. The second kappa shape index (κ2) is 6.83. The second-order valence-electron chi connectivity index (χ2n) is 5.23. The van der Waals surface area contributed by atoms with E-state index in [-0.39, 0.29) is 18.0 Å². The minimum atomic E-state index is -0.639. The van der Waals surface area contributed by atoms with Gasteiger partial charge in [0.25, 0.3) is 0 Å². The van der Waals surface area contributed by atoms with Gasteiger partial charge in [0.2, 0.25) is 0 Å². The van der Waals surface area contributed by atoms with E-state index in [1.54, 1.807) is 47.4 Å². The van der Waals surface area contributed by atoms with Crippen LogP contribution in [0.1, 0.15) is 33.2 Å². The average molecular weight is 304 g/mol. The Balaban J connectivity index is 1.88. The fourth-order valence-corrected chi connectivity index (χ4v) is 2.48. The van der Waals surface area contributed by atoms with E-state index >= 15 is 0 Å². The second-order valence-corrected chi connectivity index (χ2v) is 5.23. The van der Waals surface area contributed by atoms with Crippen LogP contribution in [0.3, 0.4) is 0 Å². The Morgan fingerprint density at radius 1 is 0.870 bits per heavy atom. The maximum atomic E-state index is 12.8. The van der Waals surface area contributed by atoms with E-state index in [9.17, 15) is 9.59 Å². The highest BCUT2D eigenvalue weighted by Gasteiger charge is 2.25. The molecule has 1 heterocycles. The number of benzene rings is 2. The Morgan fingerprint density at radius 3 is 2.04 bits per heavy atom. The van der Waals surface area contributed by atoms with Crippen molar-refractivity contribution in [3.05, 3.63) is 90.3 Å².